The second-order valence-corrected chi connectivity index (χ2v) is 6.47. The monoisotopic (exact) mass is 384 g/mol. The van der Waals surface area contributed by atoms with Gasteiger partial charge in [-0.05, 0) is 12.1 Å². The summed E-state index contributed by atoms with van der Waals surface area (Å²) in [5.74, 6) is 0.410. The summed E-state index contributed by atoms with van der Waals surface area (Å²) < 4.78 is 11.5. The van der Waals surface area contributed by atoms with E-state index >= 15 is 0 Å². The predicted molar refractivity (Wildman–Crippen MR) is 113 cm³/mol. The highest BCUT2D eigenvalue weighted by Gasteiger charge is 2.19. The van der Waals surface area contributed by atoms with Crippen LogP contribution in [0.1, 0.15) is 0 Å². The lowest BCUT2D eigenvalue weighted by molar-refractivity contribution is -0.120. The van der Waals surface area contributed by atoms with Crippen molar-refractivity contribution in [1.29, 1.82) is 0 Å². The maximum Gasteiger partial charge on any atom is 0.395 e. The average Bonchev–Trinajstić information content (AvgIpc) is 3.23. The van der Waals surface area contributed by atoms with Gasteiger partial charge in [-0.25, -0.2) is 0 Å². The van der Waals surface area contributed by atoms with Crippen LogP contribution in [0.4, 0.5) is 5.69 Å². The molecule has 29 heavy (non-hydrogen) atoms. The van der Waals surface area contributed by atoms with Gasteiger partial charge in [0.1, 0.15) is 5.69 Å². The normalized spacial score (nSPS) is 10.5. The zero-order valence-electron chi connectivity index (χ0n) is 16.0. The Balaban J connectivity index is 1.57. The molecule has 5 nitrogen and oxygen atoms in total. The highest BCUT2D eigenvalue weighted by atomic mass is 16.6. The number of amides is 1. The minimum absolute atomic E-state index is 0.0671. The van der Waals surface area contributed by atoms with Crippen LogP contribution in [0.2, 0.25) is 0 Å². The highest BCUT2D eigenvalue weighted by Crippen LogP contribution is 2.35. The van der Waals surface area contributed by atoms with E-state index in [4.69, 9.17) is 9.15 Å². The molecule has 0 saturated heterocycles. The zero-order valence-corrected chi connectivity index (χ0v) is 16.0. The molecule has 5 heteroatoms. The van der Waals surface area contributed by atoms with E-state index in [0.29, 0.717) is 11.5 Å². The summed E-state index contributed by atoms with van der Waals surface area (Å²) in [6.07, 6.45) is 0.0671. The van der Waals surface area contributed by atoms with Crippen LogP contribution < -0.4 is 9.64 Å². The van der Waals surface area contributed by atoms with Crippen LogP contribution in [0.25, 0.3) is 22.6 Å². The minimum atomic E-state index is -0.197. The number of hydrogen-bond donors (Lipinski definition) is 0. The molecule has 0 aliphatic heterocycles. The Kier molecular flexibility index (Phi) is 5.38. The van der Waals surface area contributed by atoms with Gasteiger partial charge in [0.05, 0.1) is 0 Å². The van der Waals surface area contributed by atoms with Crippen molar-refractivity contribution >= 4 is 11.6 Å². The number of carbonyl (C=O) groups is 1. The van der Waals surface area contributed by atoms with Gasteiger partial charge in [-0.1, -0.05) is 78.9 Å². The summed E-state index contributed by atoms with van der Waals surface area (Å²) in [6, 6.07) is 28.9. The molecule has 4 aromatic rings. The third kappa shape index (κ3) is 4.19. The topological polar surface area (TPSA) is 55.6 Å². The van der Waals surface area contributed by atoms with Gasteiger partial charge < -0.3 is 14.1 Å². The van der Waals surface area contributed by atoms with Crippen LogP contribution >= 0.6 is 0 Å². The lowest BCUT2D eigenvalue weighted by Gasteiger charge is -2.16. The number of carbonyl (C=O) groups excluding carboxylic acids is 1. The lowest BCUT2D eigenvalue weighted by Crippen LogP contribution is -2.31. The smallest absolute Gasteiger partial charge is 0.395 e. The number of rotatable bonds is 6. The van der Waals surface area contributed by atoms with Crippen molar-refractivity contribution in [2.24, 2.45) is 0 Å². The zero-order chi connectivity index (χ0) is 20.1. The van der Waals surface area contributed by atoms with Crippen molar-refractivity contribution in [3.05, 3.63) is 91.0 Å². The van der Waals surface area contributed by atoms with E-state index in [9.17, 15) is 4.79 Å². The van der Waals surface area contributed by atoms with Gasteiger partial charge in [-0.2, -0.15) is 4.98 Å². The molecule has 0 radical (unpaired) electrons. The average molecular weight is 384 g/mol. The molecule has 1 aromatic heterocycles. The Morgan fingerprint density at radius 2 is 1.41 bits per heavy atom. The summed E-state index contributed by atoms with van der Waals surface area (Å²) >= 11 is 0. The minimum Gasteiger partial charge on any atom is -0.440 e. The number of aromatic nitrogens is 1. The van der Waals surface area contributed by atoms with E-state index in [1.807, 2.05) is 91.0 Å². The molecule has 144 valence electrons. The van der Waals surface area contributed by atoms with Crippen LogP contribution in [-0.4, -0.2) is 24.5 Å². The Morgan fingerprint density at radius 3 is 2.03 bits per heavy atom. The quantitative estimate of drug-likeness (QED) is 0.467. The summed E-state index contributed by atoms with van der Waals surface area (Å²) in [6.45, 7) is -0.172. The van der Waals surface area contributed by atoms with Crippen LogP contribution in [0.3, 0.4) is 0 Å². The molecular formula is C24H20N2O3. The van der Waals surface area contributed by atoms with Gasteiger partial charge >= 0.3 is 6.08 Å². The Morgan fingerprint density at radius 1 is 0.862 bits per heavy atom. The summed E-state index contributed by atoms with van der Waals surface area (Å²) in [5.41, 5.74) is 3.28. The maximum absolute atomic E-state index is 12.5. The van der Waals surface area contributed by atoms with Gasteiger partial charge in [0.2, 0.25) is 0 Å². The number of benzene rings is 3. The molecule has 4 rings (SSSR count). The van der Waals surface area contributed by atoms with E-state index in [1.54, 1.807) is 11.9 Å². The number of likely N-dealkylation sites (N-methyl/N-ethyl adjacent to an activating group) is 1. The molecule has 1 heterocycles. The third-order valence-electron chi connectivity index (χ3n) is 4.53. The molecular weight excluding hydrogens is 364 g/mol. The number of para-hydroxylation sites is 1. The van der Waals surface area contributed by atoms with Crippen molar-refractivity contribution in [3.8, 4) is 28.7 Å². The molecule has 0 bridgehead atoms. The predicted octanol–water partition coefficient (Wildman–Crippen LogP) is 5.05. The van der Waals surface area contributed by atoms with Crippen molar-refractivity contribution in [3.63, 3.8) is 0 Å². The number of ether oxygens (including phenoxy) is 1. The molecule has 0 aliphatic rings. The molecule has 0 N–H and O–H groups in total. The Hall–Kier alpha value is -3.86. The van der Waals surface area contributed by atoms with Crippen molar-refractivity contribution in [2.75, 3.05) is 18.6 Å². The summed E-state index contributed by atoms with van der Waals surface area (Å²) in [4.78, 5) is 18.5. The first-order valence-corrected chi connectivity index (χ1v) is 9.28. The van der Waals surface area contributed by atoms with E-state index in [-0.39, 0.29) is 18.6 Å². The van der Waals surface area contributed by atoms with Crippen LogP contribution in [0.15, 0.2) is 95.4 Å². The molecule has 0 spiro atoms. The van der Waals surface area contributed by atoms with Crippen LogP contribution in [-0.2, 0) is 4.79 Å². The Labute approximate surface area is 169 Å². The fraction of sp³-hybridized carbons (Fsp3) is 0.0833. The second kappa shape index (κ2) is 8.44. The first-order chi connectivity index (χ1) is 14.2. The summed E-state index contributed by atoms with van der Waals surface area (Å²) in [7, 11) is 1.71. The number of oxazole rings is 1. The summed E-state index contributed by atoms with van der Waals surface area (Å²) in [5, 5.41) is 0. The van der Waals surface area contributed by atoms with Gasteiger partial charge in [-0.3, -0.25) is 4.79 Å². The molecule has 1 amide bonds. The largest absolute Gasteiger partial charge is 0.440 e. The van der Waals surface area contributed by atoms with Crippen molar-refractivity contribution < 1.29 is 13.9 Å². The highest BCUT2D eigenvalue weighted by molar-refractivity contribution is 5.93. The van der Waals surface area contributed by atoms with E-state index in [2.05, 4.69) is 4.98 Å². The van der Waals surface area contributed by atoms with Crippen molar-refractivity contribution in [2.45, 2.75) is 0 Å². The second-order valence-electron chi connectivity index (χ2n) is 6.47. The number of anilines is 1. The SMILES string of the molecule is CN(C(=O)COc1nc(-c2ccccc2)c(-c2ccccc2)o1)c1ccccc1. The van der Waals surface area contributed by atoms with Gasteiger partial charge in [0.25, 0.3) is 5.91 Å². The van der Waals surface area contributed by atoms with E-state index in [0.717, 1.165) is 16.8 Å². The molecule has 0 aliphatic carbocycles. The molecule has 0 unspecified atom stereocenters. The molecule has 0 atom stereocenters. The van der Waals surface area contributed by atoms with Gasteiger partial charge in [-0.15, -0.1) is 0 Å². The number of hydrogen-bond acceptors (Lipinski definition) is 4. The Bertz CT molecular complexity index is 1020. The lowest BCUT2D eigenvalue weighted by atomic mass is 10.1. The van der Waals surface area contributed by atoms with Crippen molar-refractivity contribution in [1.82, 2.24) is 4.98 Å². The van der Waals surface area contributed by atoms with Crippen LogP contribution in [0.5, 0.6) is 6.08 Å². The first kappa shape index (κ1) is 18.5. The standard InChI is InChI=1S/C24H20N2O3/c1-26(20-15-9-4-10-16-20)21(27)17-28-24-25-22(18-11-5-2-6-12-18)23(29-24)19-13-7-3-8-14-19/h2-16H,17H2,1H3. The van der Waals surface area contributed by atoms with Gasteiger partial charge in [0, 0.05) is 23.9 Å². The van der Waals surface area contributed by atoms with Crippen LogP contribution in [0, 0.1) is 0 Å². The third-order valence-corrected chi connectivity index (χ3v) is 4.53. The fourth-order valence-corrected chi connectivity index (χ4v) is 2.95. The number of nitrogens with zero attached hydrogens (tertiary/aromatic N) is 2. The fourth-order valence-electron chi connectivity index (χ4n) is 2.95. The molecule has 0 fully saturated rings. The molecule has 3 aromatic carbocycles. The van der Waals surface area contributed by atoms with E-state index < -0.39 is 0 Å². The first-order valence-electron chi connectivity index (χ1n) is 9.28. The van der Waals surface area contributed by atoms with E-state index in [1.165, 1.54) is 0 Å². The van der Waals surface area contributed by atoms with Gasteiger partial charge in [0.15, 0.2) is 12.4 Å². The molecule has 0 saturated carbocycles. The maximum atomic E-state index is 12.5.